The highest BCUT2D eigenvalue weighted by molar-refractivity contribution is 5.77. The summed E-state index contributed by atoms with van der Waals surface area (Å²) in [5.74, 6) is -1.93. The molecule has 0 saturated heterocycles. The van der Waals surface area contributed by atoms with Gasteiger partial charge in [0.1, 0.15) is 0 Å². The summed E-state index contributed by atoms with van der Waals surface area (Å²) in [4.78, 5) is 20.6. The lowest BCUT2D eigenvalue weighted by Gasteiger charge is -2.06. The fourth-order valence-corrected chi connectivity index (χ4v) is 1.15. The Morgan fingerprint density at radius 1 is 1.50 bits per heavy atom. The van der Waals surface area contributed by atoms with Crippen molar-refractivity contribution >= 4 is 11.7 Å². The number of carboxylic acids is 1. The lowest BCUT2D eigenvalue weighted by Crippen LogP contribution is -2.09. The maximum Gasteiger partial charge on any atom is 0.310 e. The minimum atomic E-state index is -1.07. The van der Waals surface area contributed by atoms with Gasteiger partial charge in [0.25, 0.3) is 5.69 Å². The number of aliphatic carboxylic acids is 1. The van der Waals surface area contributed by atoms with Crippen molar-refractivity contribution in [2.24, 2.45) is 0 Å². The van der Waals surface area contributed by atoms with Gasteiger partial charge < -0.3 is 5.11 Å². The molecule has 5 nitrogen and oxygen atoms in total. The van der Waals surface area contributed by atoms with Gasteiger partial charge in [-0.3, -0.25) is 14.9 Å². The predicted octanol–water partition coefficient (Wildman–Crippen LogP) is 1.78. The van der Waals surface area contributed by atoms with Crippen LogP contribution in [-0.4, -0.2) is 16.0 Å². The Kier molecular flexibility index (Phi) is 2.81. The van der Waals surface area contributed by atoms with Crippen LogP contribution < -0.4 is 0 Å². The van der Waals surface area contributed by atoms with Crippen LogP contribution in [0.1, 0.15) is 18.4 Å². The normalized spacial score (nSPS) is 12.1. The monoisotopic (exact) mass is 195 g/mol. The van der Waals surface area contributed by atoms with Crippen LogP contribution in [0.3, 0.4) is 0 Å². The maximum atomic E-state index is 10.7. The number of nitro groups is 1. The fourth-order valence-electron chi connectivity index (χ4n) is 1.15. The van der Waals surface area contributed by atoms with Crippen LogP contribution in [0.4, 0.5) is 5.69 Å². The van der Waals surface area contributed by atoms with E-state index < -0.39 is 16.8 Å². The van der Waals surface area contributed by atoms with Gasteiger partial charge >= 0.3 is 5.97 Å². The third-order valence-electron chi connectivity index (χ3n) is 1.97. The Bertz CT molecular complexity index is 375. The molecule has 1 aromatic carbocycles. The van der Waals surface area contributed by atoms with E-state index >= 15 is 0 Å². The topological polar surface area (TPSA) is 80.4 Å². The second-order valence-electron chi connectivity index (χ2n) is 2.88. The van der Waals surface area contributed by atoms with E-state index in [2.05, 4.69) is 0 Å². The molecule has 0 radical (unpaired) electrons. The van der Waals surface area contributed by atoms with Gasteiger partial charge in [0.05, 0.1) is 10.8 Å². The molecule has 0 amide bonds. The number of rotatable bonds is 3. The summed E-state index contributed by atoms with van der Waals surface area (Å²) in [5.41, 5.74) is 0.0763. The van der Waals surface area contributed by atoms with Crippen LogP contribution in [0.25, 0.3) is 0 Å². The lowest BCUT2D eigenvalue weighted by molar-refractivity contribution is -0.385. The molecule has 1 atom stereocenters. The first-order chi connectivity index (χ1) is 6.54. The van der Waals surface area contributed by atoms with Crippen LogP contribution in [0, 0.1) is 10.1 Å². The molecule has 1 N–H and O–H groups in total. The van der Waals surface area contributed by atoms with E-state index in [-0.39, 0.29) is 11.3 Å². The molecular formula is C9H9NO4. The van der Waals surface area contributed by atoms with Crippen molar-refractivity contribution in [2.45, 2.75) is 12.8 Å². The molecule has 1 rings (SSSR count). The Balaban J connectivity index is 3.19. The standard InChI is InChI=1S/C9H9NO4/c1-6(9(11)12)7-4-2-3-5-8(7)10(13)14/h2-6H,1H3,(H,11,12). The van der Waals surface area contributed by atoms with Gasteiger partial charge in [-0.15, -0.1) is 0 Å². The van der Waals surface area contributed by atoms with Crippen LogP contribution >= 0.6 is 0 Å². The molecule has 0 aliphatic heterocycles. The molecule has 1 unspecified atom stereocenters. The average Bonchev–Trinajstić information content (AvgIpc) is 2.16. The number of para-hydroxylation sites is 1. The summed E-state index contributed by atoms with van der Waals surface area (Å²) >= 11 is 0. The third-order valence-corrected chi connectivity index (χ3v) is 1.97. The number of benzene rings is 1. The van der Waals surface area contributed by atoms with Crippen LogP contribution in [-0.2, 0) is 4.79 Å². The summed E-state index contributed by atoms with van der Waals surface area (Å²) in [6, 6.07) is 5.85. The summed E-state index contributed by atoms with van der Waals surface area (Å²) in [7, 11) is 0. The first-order valence-corrected chi connectivity index (χ1v) is 4.00. The number of hydrogen-bond acceptors (Lipinski definition) is 3. The number of nitro benzene ring substituents is 1. The van der Waals surface area contributed by atoms with Crippen LogP contribution in [0.5, 0.6) is 0 Å². The van der Waals surface area contributed by atoms with Gasteiger partial charge in [0.2, 0.25) is 0 Å². The SMILES string of the molecule is CC(C(=O)O)c1ccccc1[N+](=O)[O-]. The Labute approximate surface area is 80.1 Å². The molecule has 0 fully saturated rings. The zero-order valence-corrected chi connectivity index (χ0v) is 7.51. The zero-order valence-electron chi connectivity index (χ0n) is 7.51. The van der Waals surface area contributed by atoms with Crippen molar-refractivity contribution in [3.05, 3.63) is 39.9 Å². The molecule has 5 heteroatoms. The molecule has 0 spiro atoms. The van der Waals surface area contributed by atoms with Crippen molar-refractivity contribution in [3.63, 3.8) is 0 Å². The van der Waals surface area contributed by atoms with Crippen molar-refractivity contribution in [3.8, 4) is 0 Å². The molecule has 0 aliphatic carbocycles. The first-order valence-electron chi connectivity index (χ1n) is 4.00. The summed E-state index contributed by atoms with van der Waals surface area (Å²) in [5, 5.41) is 19.3. The van der Waals surface area contributed by atoms with Crippen LogP contribution in [0.15, 0.2) is 24.3 Å². The summed E-state index contributed by atoms with van der Waals surface area (Å²) in [6.45, 7) is 1.42. The quantitative estimate of drug-likeness (QED) is 0.588. The Morgan fingerprint density at radius 3 is 2.57 bits per heavy atom. The van der Waals surface area contributed by atoms with Gasteiger partial charge in [-0.25, -0.2) is 0 Å². The van der Waals surface area contributed by atoms with Gasteiger partial charge in [0, 0.05) is 11.6 Å². The highest BCUT2D eigenvalue weighted by Crippen LogP contribution is 2.25. The molecule has 74 valence electrons. The molecule has 1 aromatic rings. The highest BCUT2D eigenvalue weighted by atomic mass is 16.6. The van der Waals surface area contributed by atoms with E-state index in [0.717, 1.165) is 0 Å². The van der Waals surface area contributed by atoms with E-state index in [1.54, 1.807) is 6.07 Å². The molecule has 14 heavy (non-hydrogen) atoms. The Morgan fingerprint density at radius 2 is 2.07 bits per heavy atom. The lowest BCUT2D eigenvalue weighted by atomic mass is 10.00. The summed E-state index contributed by atoms with van der Waals surface area (Å²) in [6.07, 6.45) is 0. The smallest absolute Gasteiger partial charge is 0.310 e. The van der Waals surface area contributed by atoms with Crippen molar-refractivity contribution < 1.29 is 14.8 Å². The molecule has 0 saturated carbocycles. The van der Waals surface area contributed by atoms with E-state index in [9.17, 15) is 14.9 Å². The largest absolute Gasteiger partial charge is 0.481 e. The zero-order chi connectivity index (χ0) is 10.7. The Hall–Kier alpha value is -1.91. The van der Waals surface area contributed by atoms with Gasteiger partial charge in [0.15, 0.2) is 0 Å². The molecular weight excluding hydrogens is 186 g/mol. The molecule has 0 bridgehead atoms. The number of nitrogens with zero attached hydrogens (tertiary/aromatic N) is 1. The minimum absolute atomic E-state index is 0.151. The predicted molar refractivity (Wildman–Crippen MR) is 49.1 cm³/mol. The van der Waals surface area contributed by atoms with E-state index in [1.807, 2.05) is 0 Å². The van der Waals surface area contributed by atoms with Gasteiger partial charge in [-0.1, -0.05) is 18.2 Å². The minimum Gasteiger partial charge on any atom is -0.481 e. The second-order valence-corrected chi connectivity index (χ2v) is 2.88. The summed E-state index contributed by atoms with van der Waals surface area (Å²) < 4.78 is 0. The van der Waals surface area contributed by atoms with E-state index in [1.165, 1.54) is 25.1 Å². The number of carbonyl (C=O) groups is 1. The number of hydrogen-bond donors (Lipinski definition) is 1. The van der Waals surface area contributed by atoms with Gasteiger partial charge in [-0.2, -0.15) is 0 Å². The van der Waals surface area contributed by atoms with Crippen molar-refractivity contribution in [2.75, 3.05) is 0 Å². The molecule has 0 aromatic heterocycles. The van der Waals surface area contributed by atoms with Crippen molar-refractivity contribution in [1.82, 2.24) is 0 Å². The van der Waals surface area contributed by atoms with Crippen molar-refractivity contribution in [1.29, 1.82) is 0 Å². The fraction of sp³-hybridized carbons (Fsp3) is 0.222. The molecule has 0 heterocycles. The highest BCUT2D eigenvalue weighted by Gasteiger charge is 2.22. The van der Waals surface area contributed by atoms with E-state index in [0.29, 0.717) is 0 Å². The van der Waals surface area contributed by atoms with Crippen LogP contribution in [0.2, 0.25) is 0 Å². The first kappa shape index (κ1) is 10.2. The molecule has 0 aliphatic rings. The van der Waals surface area contributed by atoms with Gasteiger partial charge in [-0.05, 0) is 6.92 Å². The maximum absolute atomic E-state index is 10.7. The average molecular weight is 195 g/mol. The number of carboxylic acid groups (broad SMARTS) is 1. The second kappa shape index (κ2) is 3.87. The van der Waals surface area contributed by atoms with E-state index in [4.69, 9.17) is 5.11 Å². The third kappa shape index (κ3) is 1.87.